The summed E-state index contributed by atoms with van der Waals surface area (Å²) in [5.74, 6) is 0. The fraction of sp³-hybridized carbons (Fsp3) is 0.0200. The number of benzene rings is 9. The second kappa shape index (κ2) is 12.9. The molecule has 0 aliphatic rings. The molecule has 0 fully saturated rings. The van der Waals surface area contributed by atoms with Gasteiger partial charge in [-0.1, -0.05) is 121 Å². The minimum absolute atomic E-state index is 1.06. The molecule has 9 aromatic carbocycles. The van der Waals surface area contributed by atoms with Crippen molar-refractivity contribution < 1.29 is 0 Å². The molecule has 0 radical (unpaired) electrons. The standard InChI is InChI=1S/C50H34N2S/c1-33-10-25-49-48(26-33)51-50(53-49)44-18-17-40-27-34(13-15-42(40)29-44)11-12-35-14-16-43-32-47(24-21-41(43)28-35)52(45-22-19-36-6-2-4-8-38(36)30-45)46-23-20-37-7-3-5-9-39(37)31-46/h2-32H,1H3. The zero-order valence-electron chi connectivity index (χ0n) is 29.2. The van der Waals surface area contributed by atoms with Gasteiger partial charge >= 0.3 is 0 Å². The minimum Gasteiger partial charge on any atom is -0.310 e. The molecule has 10 aromatic rings. The third kappa shape index (κ3) is 6.01. The highest BCUT2D eigenvalue weighted by Crippen LogP contribution is 2.39. The number of fused-ring (bicyclic) bond motifs is 5. The highest BCUT2D eigenvalue weighted by molar-refractivity contribution is 7.21. The van der Waals surface area contributed by atoms with E-state index in [1.165, 1.54) is 64.5 Å². The third-order valence-corrected chi connectivity index (χ3v) is 11.3. The van der Waals surface area contributed by atoms with Crippen molar-refractivity contribution in [3.8, 4) is 10.6 Å². The largest absolute Gasteiger partial charge is 0.310 e. The SMILES string of the molecule is Cc1ccc2sc(-c3ccc4cc(C=Cc5ccc6cc(N(c7ccc8ccccc8c7)c7ccc8ccccc8c7)ccc6c5)ccc4c3)nc2c1. The number of nitrogens with zero attached hydrogens (tertiary/aromatic N) is 2. The Labute approximate surface area is 312 Å². The molecule has 0 bridgehead atoms. The van der Waals surface area contributed by atoms with Gasteiger partial charge in [0.25, 0.3) is 0 Å². The molecule has 0 saturated heterocycles. The van der Waals surface area contributed by atoms with E-state index >= 15 is 0 Å². The lowest BCUT2D eigenvalue weighted by molar-refractivity contribution is 1.30. The molecule has 1 heterocycles. The van der Waals surface area contributed by atoms with Crippen molar-refractivity contribution in [1.29, 1.82) is 0 Å². The van der Waals surface area contributed by atoms with Crippen LogP contribution < -0.4 is 4.90 Å². The molecule has 2 nitrogen and oxygen atoms in total. The summed E-state index contributed by atoms with van der Waals surface area (Å²) in [6.45, 7) is 2.12. The Balaban J connectivity index is 0.947. The average molecular weight is 695 g/mol. The first-order valence-corrected chi connectivity index (χ1v) is 18.8. The summed E-state index contributed by atoms with van der Waals surface area (Å²) in [5, 5.41) is 10.9. The van der Waals surface area contributed by atoms with Crippen molar-refractivity contribution in [1.82, 2.24) is 4.98 Å². The molecule has 0 atom stereocenters. The Kier molecular flexibility index (Phi) is 7.59. The first-order valence-electron chi connectivity index (χ1n) is 18.0. The second-order valence-electron chi connectivity index (χ2n) is 13.8. The normalized spacial score (nSPS) is 11.8. The predicted molar refractivity (Wildman–Crippen MR) is 230 cm³/mol. The Morgan fingerprint density at radius 2 is 0.906 bits per heavy atom. The minimum atomic E-state index is 1.06. The molecule has 10 rings (SSSR count). The molecule has 3 heteroatoms. The van der Waals surface area contributed by atoms with E-state index in [0.29, 0.717) is 0 Å². The highest BCUT2D eigenvalue weighted by Gasteiger charge is 2.15. The van der Waals surface area contributed by atoms with Gasteiger partial charge in [0.2, 0.25) is 0 Å². The van der Waals surface area contributed by atoms with Gasteiger partial charge in [-0.25, -0.2) is 4.98 Å². The number of thiazole rings is 1. The highest BCUT2D eigenvalue weighted by atomic mass is 32.1. The van der Waals surface area contributed by atoms with Crippen LogP contribution in [0.3, 0.4) is 0 Å². The lowest BCUT2D eigenvalue weighted by Crippen LogP contribution is -2.10. The molecule has 0 unspecified atom stereocenters. The quantitative estimate of drug-likeness (QED) is 0.161. The van der Waals surface area contributed by atoms with Crippen LogP contribution in [0, 0.1) is 6.92 Å². The van der Waals surface area contributed by atoms with Crippen LogP contribution in [0.25, 0.3) is 76.0 Å². The smallest absolute Gasteiger partial charge is 0.124 e. The van der Waals surface area contributed by atoms with Crippen molar-refractivity contribution in [3.05, 3.63) is 193 Å². The average Bonchev–Trinajstić information content (AvgIpc) is 3.63. The van der Waals surface area contributed by atoms with Crippen LogP contribution >= 0.6 is 11.3 Å². The van der Waals surface area contributed by atoms with Crippen molar-refractivity contribution in [2.45, 2.75) is 6.92 Å². The fourth-order valence-corrected chi connectivity index (χ4v) is 8.37. The Bertz CT molecular complexity index is 2960. The van der Waals surface area contributed by atoms with Crippen molar-refractivity contribution in [3.63, 3.8) is 0 Å². The molecule has 0 aliphatic carbocycles. The van der Waals surface area contributed by atoms with Gasteiger partial charge in [-0.15, -0.1) is 11.3 Å². The summed E-state index contributed by atoms with van der Waals surface area (Å²) < 4.78 is 1.23. The van der Waals surface area contributed by atoms with E-state index in [4.69, 9.17) is 4.98 Å². The Hall–Kier alpha value is -6.55. The Morgan fingerprint density at radius 3 is 1.51 bits per heavy atom. The number of rotatable bonds is 6. The fourth-order valence-electron chi connectivity index (χ4n) is 7.43. The summed E-state index contributed by atoms with van der Waals surface area (Å²) in [7, 11) is 0. The van der Waals surface area contributed by atoms with E-state index in [9.17, 15) is 0 Å². The number of hydrogen-bond acceptors (Lipinski definition) is 3. The molecule has 1 aromatic heterocycles. The number of hydrogen-bond donors (Lipinski definition) is 0. The van der Waals surface area contributed by atoms with Crippen LogP contribution in [0.4, 0.5) is 17.1 Å². The molecule has 0 saturated carbocycles. The molecule has 53 heavy (non-hydrogen) atoms. The first-order chi connectivity index (χ1) is 26.1. The maximum Gasteiger partial charge on any atom is 0.124 e. The van der Waals surface area contributed by atoms with Crippen molar-refractivity contribution >= 4 is 93.9 Å². The lowest BCUT2D eigenvalue weighted by Gasteiger charge is -2.26. The topological polar surface area (TPSA) is 16.1 Å². The van der Waals surface area contributed by atoms with Gasteiger partial charge in [0.05, 0.1) is 10.2 Å². The van der Waals surface area contributed by atoms with E-state index in [0.717, 1.165) is 33.1 Å². The Morgan fingerprint density at radius 1 is 0.434 bits per heavy atom. The molecule has 250 valence electrons. The predicted octanol–water partition coefficient (Wildman–Crippen LogP) is 14.5. The summed E-state index contributed by atoms with van der Waals surface area (Å²) in [6, 6.07) is 64.0. The summed E-state index contributed by atoms with van der Waals surface area (Å²) in [6.07, 6.45) is 4.42. The second-order valence-corrected chi connectivity index (χ2v) is 14.9. The third-order valence-electron chi connectivity index (χ3n) is 10.2. The van der Waals surface area contributed by atoms with Crippen LogP contribution in [0.15, 0.2) is 176 Å². The number of aromatic nitrogens is 1. The van der Waals surface area contributed by atoms with E-state index in [1.54, 1.807) is 11.3 Å². The van der Waals surface area contributed by atoms with Crippen LogP contribution in [0.5, 0.6) is 0 Å². The van der Waals surface area contributed by atoms with Gasteiger partial charge in [0.15, 0.2) is 0 Å². The molecular formula is C50H34N2S. The van der Waals surface area contributed by atoms with Gasteiger partial charge in [-0.3, -0.25) is 0 Å². The van der Waals surface area contributed by atoms with Gasteiger partial charge < -0.3 is 4.90 Å². The van der Waals surface area contributed by atoms with Crippen LogP contribution in [-0.2, 0) is 0 Å². The maximum atomic E-state index is 4.92. The first kappa shape index (κ1) is 31.2. The summed E-state index contributed by atoms with van der Waals surface area (Å²) in [5.41, 5.74) is 9.23. The van der Waals surface area contributed by atoms with Crippen molar-refractivity contribution in [2.24, 2.45) is 0 Å². The molecule has 0 N–H and O–H groups in total. The summed E-state index contributed by atoms with van der Waals surface area (Å²) in [4.78, 5) is 7.29. The van der Waals surface area contributed by atoms with Crippen molar-refractivity contribution in [2.75, 3.05) is 4.90 Å². The van der Waals surface area contributed by atoms with Crippen LogP contribution in [0.2, 0.25) is 0 Å². The molecule has 0 aliphatic heterocycles. The van der Waals surface area contributed by atoms with Crippen LogP contribution in [0.1, 0.15) is 16.7 Å². The zero-order valence-corrected chi connectivity index (χ0v) is 30.0. The van der Waals surface area contributed by atoms with Crippen LogP contribution in [-0.4, -0.2) is 4.98 Å². The zero-order chi connectivity index (χ0) is 35.3. The summed E-state index contributed by atoms with van der Waals surface area (Å²) >= 11 is 1.75. The monoisotopic (exact) mass is 694 g/mol. The van der Waals surface area contributed by atoms with Gasteiger partial charge in [-0.05, 0) is 133 Å². The van der Waals surface area contributed by atoms with E-state index in [-0.39, 0.29) is 0 Å². The van der Waals surface area contributed by atoms with E-state index < -0.39 is 0 Å². The molecular weight excluding hydrogens is 661 g/mol. The molecule has 0 spiro atoms. The molecule has 0 amide bonds. The lowest BCUT2D eigenvalue weighted by atomic mass is 10.0. The number of anilines is 3. The maximum absolute atomic E-state index is 4.92. The van der Waals surface area contributed by atoms with Gasteiger partial charge in [0.1, 0.15) is 5.01 Å². The van der Waals surface area contributed by atoms with Gasteiger partial charge in [0, 0.05) is 22.6 Å². The van der Waals surface area contributed by atoms with E-state index in [2.05, 4.69) is 200 Å². The van der Waals surface area contributed by atoms with E-state index in [1.807, 2.05) is 0 Å². The number of aryl methyl sites for hydroxylation is 1. The van der Waals surface area contributed by atoms with Gasteiger partial charge in [-0.2, -0.15) is 0 Å².